The van der Waals surface area contributed by atoms with Crippen molar-refractivity contribution in [1.29, 1.82) is 5.26 Å². The second-order valence-electron chi connectivity index (χ2n) is 2.83. The number of amides is 1. The molecule has 5 heteroatoms. The number of aromatic hydroxyl groups is 1. The number of carbonyl (C=O) groups is 1. The summed E-state index contributed by atoms with van der Waals surface area (Å²) in [4.78, 5) is 11.4. The van der Waals surface area contributed by atoms with Gasteiger partial charge in [-0.25, -0.2) is 0 Å². The van der Waals surface area contributed by atoms with Crippen molar-refractivity contribution in [3.63, 3.8) is 0 Å². The summed E-state index contributed by atoms with van der Waals surface area (Å²) in [5.41, 5.74) is 0.394. The Labute approximate surface area is 101 Å². The number of benzene rings is 1. The SMILES string of the molecule is N#CCCNC(=O)c1ccc(I)c(O)c1. The Morgan fingerprint density at radius 1 is 1.60 bits per heavy atom. The number of hydrogen-bond donors (Lipinski definition) is 2. The van der Waals surface area contributed by atoms with E-state index in [0.29, 0.717) is 15.7 Å². The molecule has 78 valence electrons. The van der Waals surface area contributed by atoms with E-state index in [-0.39, 0.29) is 18.1 Å². The normalized spacial score (nSPS) is 9.33. The van der Waals surface area contributed by atoms with Crippen LogP contribution in [0, 0.1) is 14.9 Å². The Bertz CT molecular complexity index is 412. The van der Waals surface area contributed by atoms with Crippen LogP contribution in [-0.2, 0) is 0 Å². The zero-order chi connectivity index (χ0) is 11.3. The Morgan fingerprint density at radius 3 is 2.93 bits per heavy atom. The van der Waals surface area contributed by atoms with Crippen LogP contribution in [0.3, 0.4) is 0 Å². The Kier molecular flexibility index (Phi) is 4.37. The number of carbonyl (C=O) groups excluding carboxylic acids is 1. The lowest BCUT2D eigenvalue weighted by Crippen LogP contribution is -2.24. The Balaban J connectivity index is 2.67. The van der Waals surface area contributed by atoms with Gasteiger partial charge < -0.3 is 10.4 Å². The van der Waals surface area contributed by atoms with Crippen LogP contribution in [-0.4, -0.2) is 17.6 Å². The van der Waals surface area contributed by atoms with Gasteiger partial charge in [-0.3, -0.25) is 4.79 Å². The molecule has 1 aromatic carbocycles. The predicted octanol–water partition coefficient (Wildman–Crippen LogP) is 1.64. The van der Waals surface area contributed by atoms with E-state index >= 15 is 0 Å². The summed E-state index contributed by atoms with van der Waals surface area (Å²) in [7, 11) is 0. The predicted molar refractivity (Wildman–Crippen MR) is 63.4 cm³/mol. The van der Waals surface area contributed by atoms with E-state index in [0.717, 1.165) is 0 Å². The van der Waals surface area contributed by atoms with Crippen LogP contribution in [0.1, 0.15) is 16.8 Å². The van der Waals surface area contributed by atoms with Crippen LogP contribution in [0.2, 0.25) is 0 Å². The number of nitriles is 1. The van der Waals surface area contributed by atoms with Gasteiger partial charge in [-0.05, 0) is 40.8 Å². The second-order valence-corrected chi connectivity index (χ2v) is 3.99. The summed E-state index contributed by atoms with van der Waals surface area (Å²) < 4.78 is 0.696. The third-order valence-corrected chi connectivity index (χ3v) is 2.64. The number of hydrogen-bond acceptors (Lipinski definition) is 3. The molecule has 0 aromatic heterocycles. The molecule has 0 radical (unpaired) electrons. The highest BCUT2D eigenvalue weighted by Crippen LogP contribution is 2.20. The molecule has 0 atom stereocenters. The first-order chi connectivity index (χ1) is 7.15. The molecule has 2 N–H and O–H groups in total. The van der Waals surface area contributed by atoms with Crippen molar-refractivity contribution in [2.75, 3.05) is 6.54 Å². The molecule has 0 heterocycles. The maximum Gasteiger partial charge on any atom is 0.251 e. The Hall–Kier alpha value is -1.29. The van der Waals surface area contributed by atoms with Gasteiger partial charge in [-0.2, -0.15) is 5.26 Å². The summed E-state index contributed by atoms with van der Waals surface area (Å²) in [6.07, 6.45) is 0.280. The van der Waals surface area contributed by atoms with E-state index in [9.17, 15) is 9.90 Å². The first-order valence-corrected chi connectivity index (χ1v) is 5.36. The van der Waals surface area contributed by atoms with Crippen LogP contribution < -0.4 is 5.32 Å². The molecule has 1 amide bonds. The van der Waals surface area contributed by atoms with Crippen molar-refractivity contribution in [3.05, 3.63) is 27.3 Å². The lowest BCUT2D eigenvalue weighted by Gasteiger charge is -2.04. The van der Waals surface area contributed by atoms with Crippen LogP contribution >= 0.6 is 22.6 Å². The molecular weight excluding hydrogens is 307 g/mol. The third-order valence-electron chi connectivity index (χ3n) is 1.73. The lowest BCUT2D eigenvalue weighted by atomic mass is 10.2. The van der Waals surface area contributed by atoms with Crippen molar-refractivity contribution >= 4 is 28.5 Å². The number of nitrogens with one attached hydrogen (secondary N) is 1. The topological polar surface area (TPSA) is 73.1 Å². The summed E-state index contributed by atoms with van der Waals surface area (Å²) in [5.74, 6) is -0.194. The fourth-order valence-electron chi connectivity index (χ4n) is 0.988. The first-order valence-electron chi connectivity index (χ1n) is 4.29. The van der Waals surface area contributed by atoms with Gasteiger partial charge >= 0.3 is 0 Å². The van der Waals surface area contributed by atoms with Crippen molar-refractivity contribution < 1.29 is 9.90 Å². The van der Waals surface area contributed by atoms with E-state index in [1.54, 1.807) is 12.1 Å². The quantitative estimate of drug-likeness (QED) is 0.658. The minimum atomic E-state index is -0.281. The number of rotatable bonds is 3. The zero-order valence-corrected chi connectivity index (χ0v) is 9.98. The van der Waals surface area contributed by atoms with Gasteiger partial charge in [0.05, 0.1) is 16.1 Å². The van der Waals surface area contributed by atoms with E-state index < -0.39 is 0 Å². The molecule has 0 fully saturated rings. The number of nitrogens with zero attached hydrogens (tertiary/aromatic N) is 1. The average molecular weight is 316 g/mol. The molecule has 0 aliphatic heterocycles. The molecule has 4 nitrogen and oxygen atoms in total. The monoisotopic (exact) mass is 316 g/mol. The van der Waals surface area contributed by atoms with Gasteiger partial charge in [0, 0.05) is 12.1 Å². The van der Waals surface area contributed by atoms with E-state index in [1.165, 1.54) is 6.07 Å². The van der Waals surface area contributed by atoms with E-state index in [2.05, 4.69) is 5.32 Å². The first kappa shape index (κ1) is 11.8. The van der Waals surface area contributed by atoms with E-state index in [1.807, 2.05) is 28.7 Å². The number of halogens is 1. The molecular formula is C10H9IN2O2. The average Bonchev–Trinajstić information content (AvgIpc) is 2.22. The van der Waals surface area contributed by atoms with Gasteiger partial charge in [-0.1, -0.05) is 0 Å². The van der Waals surface area contributed by atoms with Crippen molar-refractivity contribution in [1.82, 2.24) is 5.32 Å². The third kappa shape index (κ3) is 3.40. The molecule has 1 rings (SSSR count). The van der Waals surface area contributed by atoms with Gasteiger partial charge in [0.1, 0.15) is 5.75 Å². The van der Waals surface area contributed by atoms with Crippen molar-refractivity contribution in [2.24, 2.45) is 0 Å². The minimum Gasteiger partial charge on any atom is -0.507 e. The van der Waals surface area contributed by atoms with Crippen LogP contribution in [0.5, 0.6) is 5.75 Å². The molecule has 0 bridgehead atoms. The minimum absolute atomic E-state index is 0.0866. The number of phenolic OH excluding ortho intramolecular Hbond substituents is 1. The molecule has 0 saturated heterocycles. The fourth-order valence-corrected chi connectivity index (χ4v) is 1.32. The molecule has 0 saturated carbocycles. The fraction of sp³-hybridized carbons (Fsp3) is 0.200. The summed E-state index contributed by atoms with van der Waals surface area (Å²) >= 11 is 1.97. The molecule has 0 aliphatic rings. The highest BCUT2D eigenvalue weighted by atomic mass is 127. The highest BCUT2D eigenvalue weighted by Gasteiger charge is 2.06. The van der Waals surface area contributed by atoms with Gasteiger partial charge in [0.15, 0.2) is 0 Å². The molecule has 0 spiro atoms. The smallest absolute Gasteiger partial charge is 0.251 e. The van der Waals surface area contributed by atoms with Gasteiger partial charge in [-0.15, -0.1) is 0 Å². The molecule has 0 aliphatic carbocycles. The van der Waals surface area contributed by atoms with Crippen molar-refractivity contribution in [2.45, 2.75) is 6.42 Å². The second kappa shape index (κ2) is 5.56. The summed E-state index contributed by atoms with van der Waals surface area (Å²) in [6.45, 7) is 0.322. The van der Waals surface area contributed by atoms with E-state index in [4.69, 9.17) is 5.26 Å². The molecule has 15 heavy (non-hydrogen) atoms. The molecule has 0 unspecified atom stereocenters. The maximum absolute atomic E-state index is 11.4. The zero-order valence-electron chi connectivity index (χ0n) is 7.83. The lowest BCUT2D eigenvalue weighted by molar-refractivity contribution is 0.0954. The number of phenols is 1. The Morgan fingerprint density at radius 2 is 2.33 bits per heavy atom. The van der Waals surface area contributed by atoms with Crippen LogP contribution in [0.25, 0.3) is 0 Å². The van der Waals surface area contributed by atoms with Crippen LogP contribution in [0.15, 0.2) is 18.2 Å². The van der Waals surface area contributed by atoms with Gasteiger partial charge in [0.25, 0.3) is 5.91 Å². The van der Waals surface area contributed by atoms with Crippen molar-refractivity contribution in [3.8, 4) is 11.8 Å². The highest BCUT2D eigenvalue weighted by molar-refractivity contribution is 14.1. The van der Waals surface area contributed by atoms with Crippen LogP contribution in [0.4, 0.5) is 0 Å². The largest absolute Gasteiger partial charge is 0.507 e. The van der Waals surface area contributed by atoms with Gasteiger partial charge in [0.2, 0.25) is 0 Å². The maximum atomic E-state index is 11.4. The molecule has 1 aromatic rings. The standard InChI is InChI=1S/C10H9IN2O2/c11-8-3-2-7(6-9(8)14)10(15)13-5-1-4-12/h2-3,6,14H,1,5H2,(H,13,15). The summed E-state index contributed by atoms with van der Waals surface area (Å²) in [6, 6.07) is 6.63. The summed E-state index contributed by atoms with van der Waals surface area (Å²) in [5, 5.41) is 20.2.